The largest absolute Gasteiger partial charge is 0.463 e. The van der Waals surface area contributed by atoms with Gasteiger partial charge in [0.15, 0.2) is 0 Å². The Morgan fingerprint density at radius 1 is 1.00 bits per heavy atom. The first kappa shape index (κ1) is 6.42. The third-order valence-electron chi connectivity index (χ3n) is 0.981. The van der Waals surface area contributed by atoms with Crippen molar-refractivity contribution in [1.29, 1.82) is 0 Å². The standard InChI is InChI=1S/C6H10O3/c1-6-8-4-2-7-3-5-9-6/h1-5H2. The molecule has 52 valence electrons. The van der Waals surface area contributed by atoms with Gasteiger partial charge in [-0.2, -0.15) is 0 Å². The smallest absolute Gasteiger partial charge is 0.271 e. The van der Waals surface area contributed by atoms with E-state index in [4.69, 9.17) is 14.2 Å². The van der Waals surface area contributed by atoms with Crippen molar-refractivity contribution >= 4 is 0 Å². The zero-order valence-corrected chi connectivity index (χ0v) is 5.26. The second-order valence-electron chi connectivity index (χ2n) is 1.68. The van der Waals surface area contributed by atoms with Crippen molar-refractivity contribution < 1.29 is 14.2 Å². The highest BCUT2D eigenvalue weighted by atomic mass is 16.7. The summed E-state index contributed by atoms with van der Waals surface area (Å²) < 4.78 is 14.9. The van der Waals surface area contributed by atoms with Gasteiger partial charge in [-0.25, -0.2) is 0 Å². The van der Waals surface area contributed by atoms with Crippen LogP contribution in [0, 0.1) is 0 Å². The zero-order chi connectivity index (χ0) is 6.53. The van der Waals surface area contributed by atoms with E-state index >= 15 is 0 Å². The number of ether oxygens (including phenoxy) is 3. The molecule has 0 unspecified atom stereocenters. The first-order valence-electron chi connectivity index (χ1n) is 2.92. The second-order valence-corrected chi connectivity index (χ2v) is 1.68. The van der Waals surface area contributed by atoms with Gasteiger partial charge in [0.1, 0.15) is 13.2 Å². The van der Waals surface area contributed by atoms with Crippen LogP contribution in [0.5, 0.6) is 0 Å². The van der Waals surface area contributed by atoms with Gasteiger partial charge in [0.2, 0.25) is 0 Å². The van der Waals surface area contributed by atoms with Crippen molar-refractivity contribution in [3.63, 3.8) is 0 Å². The van der Waals surface area contributed by atoms with Crippen molar-refractivity contribution in [2.24, 2.45) is 0 Å². The molecule has 0 aromatic heterocycles. The molecule has 1 heterocycles. The molecule has 0 saturated carbocycles. The van der Waals surface area contributed by atoms with Crippen LogP contribution < -0.4 is 0 Å². The molecule has 0 radical (unpaired) electrons. The first-order valence-corrected chi connectivity index (χ1v) is 2.92. The molecule has 0 N–H and O–H groups in total. The predicted molar refractivity (Wildman–Crippen MR) is 31.9 cm³/mol. The highest BCUT2D eigenvalue weighted by Gasteiger charge is 1.99. The summed E-state index contributed by atoms with van der Waals surface area (Å²) in [6.07, 6.45) is 0. The lowest BCUT2D eigenvalue weighted by Crippen LogP contribution is -2.14. The summed E-state index contributed by atoms with van der Waals surface area (Å²) in [5.41, 5.74) is 0. The predicted octanol–water partition coefficient (Wildman–Crippen LogP) is 0.521. The highest BCUT2D eigenvalue weighted by Crippen LogP contribution is 1.98. The molecule has 0 bridgehead atoms. The molecule has 1 aliphatic heterocycles. The molecule has 9 heavy (non-hydrogen) atoms. The van der Waals surface area contributed by atoms with Crippen LogP contribution in [-0.4, -0.2) is 26.4 Å². The molecule has 1 aliphatic rings. The van der Waals surface area contributed by atoms with Crippen molar-refractivity contribution in [3.05, 3.63) is 12.5 Å². The van der Waals surface area contributed by atoms with E-state index in [2.05, 4.69) is 6.58 Å². The third kappa shape index (κ3) is 2.37. The molecular weight excluding hydrogens is 120 g/mol. The Labute approximate surface area is 54.2 Å². The van der Waals surface area contributed by atoms with E-state index in [0.29, 0.717) is 32.4 Å². The molecule has 0 aromatic rings. The summed E-state index contributed by atoms with van der Waals surface area (Å²) in [4.78, 5) is 0. The zero-order valence-electron chi connectivity index (χ0n) is 5.26. The molecule has 1 fully saturated rings. The maximum absolute atomic E-state index is 5.03. The summed E-state index contributed by atoms with van der Waals surface area (Å²) >= 11 is 0. The Bertz CT molecular complexity index is 90.5. The van der Waals surface area contributed by atoms with Gasteiger partial charge in [0.25, 0.3) is 5.95 Å². The normalized spacial score (nSPS) is 21.1. The molecule has 3 heteroatoms. The number of hydrogen-bond donors (Lipinski definition) is 0. The summed E-state index contributed by atoms with van der Waals surface area (Å²) in [7, 11) is 0. The van der Waals surface area contributed by atoms with Crippen LogP contribution in [0.3, 0.4) is 0 Å². The minimum atomic E-state index is 0.401. The summed E-state index contributed by atoms with van der Waals surface area (Å²) in [6.45, 7) is 5.85. The van der Waals surface area contributed by atoms with E-state index in [1.807, 2.05) is 0 Å². The lowest BCUT2D eigenvalue weighted by atomic mass is 10.7. The molecule has 0 spiro atoms. The first-order chi connectivity index (χ1) is 4.39. The Hall–Kier alpha value is -0.700. The van der Waals surface area contributed by atoms with E-state index in [1.54, 1.807) is 0 Å². The van der Waals surface area contributed by atoms with Gasteiger partial charge in [0, 0.05) is 0 Å². The fourth-order valence-corrected chi connectivity index (χ4v) is 0.573. The van der Waals surface area contributed by atoms with E-state index in [9.17, 15) is 0 Å². The van der Waals surface area contributed by atoms with Crippen LogP contribution in [0.15, 0.2) is 12.5 Å². The van der Waals surface area contributed by atoms with Crippen molar-refractivity contribution in [2.75, 3.05) is 26.4 Å². The topological polar surface area (TPSA) is 27.7 Å². The second kappa shape index (κ2) is 3.35. The number of rotatable bonds is 0. The molecule has 3 nitrogen and oxygen atoms in total. The molecule has 0 aliphatic carbocycles. The van der Waals surface area contributed by atoms with E-state index in [-0.39, 0.29) is 0 Å². The van der Waals surface area contributed by atoms with Crippen LogP contribution in [0.4, 0.5) is 0 Å². The Balaban J connectivity index is 2.20. The monoisotopic (exact) mass is 130 g/mol. The Kier molecular flexibility index (Phi) is 2.39. The molecule has 0 aromatic carbocycles. The summed E-state index contributed by atoms with van der Waals surface area (Å²) in [5, 5.41) is 0. The van der Waals surface area contributed by atoms with Gasteiger partial charge >= 0.3 is 0 Å². The van der Waals surface area contributed by atoms with E-state index in [1.165, 1.54) is 0 Å². The van der Waals surface area contributed by atoms with E-state index in [0.717, 1.165) is 0 Å². The Morgan fingerprint density at radius 3 is 2.11 bits per heavy atom. The van der Waals surface area contributed by atoms with Gasteiger partial charge in [0.05, 0.1) is 13.2 Å². The average molecular weight is 130 g/mol. The molecule has 1 saturated heterocycles. The van der Waals surface area contributed by atoms with Crippen LogP contribution >= 0.6 is 0 Å². The third-order valence-corrected chi connectivity index (χ3v) is 0.981. The highest BCUT2D eigenvalue weighted by molar-refractivity contribution is 4.68. The summed E-state index contributed by atoms with van der Waals surface area (Å²) in [5.74, 6) is 0.401. The minimum Gasteiger partial charge on any atom is -0.463 e. The van der Waals surface area contributed by atoms with Gasteiger partial charge in [-0.3, -0.25) is 0 Å². The van der Waals surface area contributed by atoms with E-state index < -0.39 is 0 Å². The minimum absolute atomic E-state index is 0.401. The maximum Gasteiger partial charge on any atom is 0.271 e. The lowest BCUT2D eigenvalue weighted by molar-refractivity contribution is -0.0455. The van der Waals surface area contributed by atoms with Crippen LogP contribution in [0.2, 0.25) is 0 Å². The fourth-order valence-electron chi connectivity index (χ4n) is 0.573. The fraction of sp³-hybridized carbons (Fsp3) is 0.667. The van der Waals surface area contributed by atoms with Gasteiger partial charge < -0.3 is 14.2 Å². The maximum atomic E-state index is 5.03. The molecule has 0 atom stereocenters. The van der Waals surface area contributed by atoms with Crippen molar-refractivity contribution in [2.45, 2.75) is 0 Å². The molecule has 1 rings (SSSR count). The van der Waals surface area contributed by atoms with Gasteiger partial charge in [-0.05, 0) is 6.58 Å². The number of hydrogen-bond acceptors (Lipinski definition) is 3. The van der Waals surface area contributed by atoms with Crippen LogP contribution in [0.1, 0.15) is 0 Å². The SMILES string of the molecule is C=C1OCCOCCO1. The summed E-state index contributed by atoms with van der Waals surface area (Å²) in [6, 6.07) is 0. The van der Waals surface area contributed by atoms with Crippen LogP contribution in [0.25, 0.3) is 0 Å². The average Bonchev–Trinajstić information content (AvgIpc) is 1.79. The molecule has 0 amide bonds. The Morgan fingerprint density at radius 2 is 1.56 bits per heavy atom. The quantitative estimate of drug-likeness (QED) is 0.478. The van der Waals surface area contributed by atoms with Gasteiger partial charge in [-0.1, -0.05) is 0 Å². The van der Waals surface area contributed by atoms with Crippen LogP contribution in [-0.2, 0) is 14.2 Å². The van der Waals surface area contributed by atoms with Crippen molar-refractivity contribution in [1.82, 2.24) is 0 Å². The molecular formula is C6H10O3. The van der Waals surface area contributed by atoms with Gasteiger partial charge in [-0.15, -0.1) is 0 Å². The van der Waals surface area contributed by atoms with Crippen molar-refractivity contribution in [3.8, 4) is 0 Å². The lowest BCUT2D eigenvalue weighted by Gasteiger charge is -2.14.